The zero-order chi connectivity index (χ0) is 9.45. The Hall–Kier alpha value is -0.650. The summed E-state index contributed by atoms with van der Waals surface area (Å²) in [5.41, 5.74) is 0. The Morgan fingerprint density at radius 2 is 1.25 bits per heavy atom. The quantitative estimate of drug-likeness (QED) is 0.472. The van der Waals surface area contributed by atoms with Gasteiger partial charge in [0.05, 0.1) is 0 Å². The predicted octanol–water partition coefficient (Wildman–Crippen LogP) is -0.801. The number of rotatable bonds is 0. The Morgan fingerprint density at radius 3 is 1.58 bits per heavy atom. The van der Waals surface area contributed by atoms with E-state index in [1.807, 2.05) is 12.2 Å². The van der Waals surface area contributed by atoms with Crippen molar-refractivity contribution >= 4 is 0 Å². The van der Waals surface area contributed by atoms with Gasteiger partial charge in [-0.25, -0.2) is 0 Å². The Morgan fingerprint density at radius 1 is 0.917 bits per heavy atom. The van der Waals surface area contributed by atoms with E-state index >= 15 is 0 Å². The van der Waals surface area contributed by atoms with Crippen LogP contribution in [0.15, 0.2) is 36.5 Å². The number of hydrogen-bond donors (Lipinski definition) is 3. The molecule has 0 bridgehead atoms. The fourth-order valence-corrected chi connectivity index (χ4v) is 0.521. The molecule has 0 aromatic carbocycles. The molecule has 1 rings (SSSR count). The second-order valence-corrected chi connectivity index (χ2v) is 2.78. The van der Waals surface area contributed by atoms with Gasteiger partial charge in [-0.1, -0.05) is 36.5 Å². The van der Waals surface area contributed by atoms with Crippen LogP contribution in [-0.4, -0.2) is 14.0 Å². The van der Waals surface area contributed by atoms with Crippen LogP contribution in [0.4, 0.5) is 0 Å². The first-order valence-electron chi connectivity index (χ1n) is 3.14. The van der Waals surface area contributed by atoms with Crippen LogP contribution in [0.25, 0.3) is 0 Å². The molecule has 0 aromatic rings. The maximum atomic E-state index is 8.83. The molecular formula is C7H11ClO4. The molecular weight excluding hydrogens is 184 g/mol. The summed E-state index contributed by atoms with van der Waals surface area (Å²) in [6, 6.07) is 0. The number of halogens is 1. The van der Waals surface area contributed by atoms with Gasteiger partial charge in [-0.15, -0.1) is 0 Å². The molecule has 4 nitrogen and oxygen atoms in total. The van der Waals surface area contributed by atoms with E-state index in [0.29, 0.717) is 0 Å². The second-order valence-electron chi connectivity index (χ2n) is 1.91. The molecule has 0 amide bonds. The SMILES string of the molecule is C1=CC=CCC=C1.[O-][Cl+](O)(O)O. The molecule has 0 aliphatic heterocycles. The first-order chi connectivity index (χ1) is 5.50. The van der Waals surface area contributed by atoms with Crippen LogP contribution in [-0.2, 0) is 0 Å². The average molecular weight is 195 g/mol. The molecule has 5 heteroatoms. The van der Waals surface area contributed by atoms with Crippen LogP contribution in [0.3, 0.4) is 0 Å². The minimum atomic E-state index is -4.19. The molecule has 0 atom stereocenters. The van der Waals surface area contributed by atoms with Gasteiger partial charge >= 0.3 is 28.9 Å². The van der Waals surface area contributed by atoms with E-state index in [-0.39, 0.29) is 0 Å². The normalized spacial score (nSPS) is 16.3. The van der Waals surface area contributed by atoms with E-state index in [4.69, 9.17) is 18.6 Å². The van der Waals surface area contributed by atoms with Gasteiger partial charge in [0.2, 0.25) is 0 Å². The Balaban J connectivity index is 0.000000217. The molecule has 0 fully saturated rings. The van der Waals surface area contributed by atoms with Gasteiger partial charge in [0.25, 0.3) is 0 Å². The van der Waals surface area contributed by atoms with E-state index in [0.717, 1.165) is 6.42 Å². The van der Waals surface area contributed by atoms with Gasteiger partial charge in [0.1, 0.15) is 0 Å². The maximum absolute atomic E-state index is 8.83. The standard InChI is InChI=1S/C7H8.ClH3O4/c1-2-4-6-7-5-3-1;2-1(3,4)5/h1-6H,7H2;2-4H. The predicted molar refractivity (Wildman–Crippen MR) is 38.7 cm³/mol. The Labute approximate surface area is 72.5 Å². The summed E-state index contributed by atoms with van der Waals surface area (Å²) in [5, 5.41) is 0. The molecule has 0 heterocycles. The van der Waals surface area contributed by atoms with Crippen LogP contribution in [0.5, 0.6) is 0 Å². The molecule has 0 unspecified atom stereocenters. The van der Waals surface area contributed by atoms with E-state index in [1.165, 1.54) is 0 Å². The summed E-state index contributed by atoms with van der Waals surface area (Å²) >= 11 is 0. The van der Waals surface area contributed by atoms with Crippen molar-refractivity contribution in [1.82, 2.24) is 0 Å². The molecule has 3 N–H and O–H groups in total. The third kappa shape index (κ3) is 16.2. The topological polar surface area (TPSA) is 83.8 Å². The summed E-state index contributed by atoms with van der Waals surface area (Å²) in [6.07, 6.45) is 13.5. The van der Waals surface area contributed by atoms with E-state index < -0.39 is 10.2 Å². The minimum absolute atomic E-state index is 1.08. The van der Waals surface area contributed by atoms with Gasteiger partial charge in [0, 0.05) is 0 Å². The summed E-state index contributed by atoms with van der Waals surface area (Å²) in [5.74, 6) is 0. The van der Waals surface area contributed by atoms with Gasteiger partial charge in [-0.05, 0) is 6.42 Å². The molecule has 0 saturated heterocycles. The average Bonchev–Trinajstić information content (AvgIpc) is 2.10. The van der Waals surface area contributed by atoms with Crippen LogP contribution < -0.4 is 4.66 Å². The first kappa shape index (κ1) is 11.4. The van der Waals surface area contributed by atoms with E-state index in [9.17, 15) is 0 Å². The summed E-state index contributed by atoms with van der Waals surface area (Å²) < 4.78 is 30.2. The van der Waals surface area contributed by atoms with Gasteiger partial charge < -0.3 is 0 Å². The van der Waals surface area contributed by atoms with Crippen molar-refractivity contribution in [2.24, 2.45) is 0 Å². The fraction of sp³-hybridized carbons (Fsp3) is 0.143. The monoisotopic (exact) mass is 194 g/mol. The zero-order valence-electron chi connectivity index (χ0n) is 6.30. The van der Waals surface area contributed by atoms with E-state index in [2.05, 4.69) is 24.3 Å². The molecule has 0 saturated carbocycles. The van der Waals surface area contributed by atoms with Crippen molar-refractivity contribution in [1.29, 1.82) is 0 Å². The van der Waals surface area contributed by atoms with Crippen molar-refractivity contribution in [3.63, 3.8) is 0 Å². The van der Waals surface area contributed by atoms with Crippen molar-refractivity contribution in [3.8, 4) is 0 Å². The number of allylic oxidation sites excluding steroid dienone is 6. The third-order valence-electron chi connectivity index (χ3n) is 0.878. The Bertz CT molecular complexity index is 170. The van der Waals surface area contributed by atoms with Crippen molar-refractivity contribution in [3.05, 3.63) is 36.5 Å². The molecule has 12 heavy (non-hydrogen) atoms. The molecule has 0 radical (unpaired) electrons. The van der Waals surface area contributed by atoms with Crippen molar-refractivity contribution in [2.75, 3.05) is 0 Å². The van der Waals surface area contributed by atoms with Crippen molar-refractivity contribution in [2.45, 2.75) is 6.42 Å². The second kappa shape index (κ2) is 5.93. The van der Waals surface area contributed by atoms with Gasteiger partial charge in [-0.3, -0.25) is 0 Å². The van der Waals surface area contributed by atoms with Crippen molar-refractivity contribution < 1.29 is 28.9 Å². The van der Waals surface area contributed by atoms with Gasteiger partial charge in [-0.2, -0.15) is 0 Å². The zero-order valence-corrected chi connectivity index (χ0v) is 7.05. The van der Waals surface area contributed by atoms with Crippen LogP contribution in [0, 0.1) is 10.2 Å². The Kier molecular flexibility index (Phi) is 5.61. The molecule has 70 valence electrons. The summed E-state index contributed by atoms with van der Waals surface area (Å²) in [6.45, 7) is 0. The third-order valence-corrected chi connectivity index (χ3v) is 0.878. The fourth-order valence-electron chi connectivity index (χ4n) is 0.521. The van der Waals surface area contributed by atoms with Crippen LogP contribution in [0.2, 0.25) is 0 Å². The first-order valence-corrected chi connectivity index (χ1v) is 4.47. The molecule has 0 spiro atoms. The number of hydrogen-bond acceptors (Lipinski definition) is 4. The molecule has 1 aliphatic carbocycles. The molecule has 0 aromatic heterocycles. The summed E-state index contributed by atoms with van der Waals surface area (Å²) in [7, 11) is -4.19. The van der Waals surface area contributed by atoms with Crippen LogP contribution >= 0.6 is 0 Å². The summed E-state index contributed by atoms with van der Waals surface area (Å²) in [4.78, 5) is 0. The van der Waals surface area contributed by atoms with E-state index in [1.54, 1.807) is 0 Å². The van der Waals surface area contributed by atoms with Gasteiger partial charge in [0.15, 0.2) is 0 Å². The molecule has 1 aliphatic rings. The van der Waals surface area contributed by atoms with Crippen LogP contribution in [0.1, 0.15) is 6.42 Å².